The van der Waals surface area contributed by atoms with Gasteiger partial charge in [-0.05, 0) is 59.2 Å². The first kappa shape index (κ1) is 27.0. The van der Waals surface area contributed by atoms with Crippen molar-refractivity contribution in [3.05, 3.63) is 76.6 Å². The zero-order valence-corrected chi connectivity index (χ0v) is 21.4. The normalized spacial score (nSPS) is 12.5. The number of aryl methyl sites for hydroxylation is 1. The number of hydrogen-bond acceptors (Lipinski definition) is 8. The zero-order chi connectivity index (χ0) is 29.3. The summed E-state index contributed by atoms with van der Waals surface area (Å²) in [6, 6.07) is 14.1. The van der Waals surface area contributed by atoms with Crippen LogP contribution in [0.25, 0.3) is 22.5 Å². The topological polar surface area (TPSA) is 141 Å². The fourth-order valence-electron chi connectivity index (χ4n) is 4.66. The van der Waals surface area contributed by atoms with Gasteiger partial charge in [0.25, 0.3) is 5.91 Å². The van der Waals surface area contributed by atoms with Crippen LogP contribution in [0, 0.1) is 22.7 Å². The summed E-state index contributed by atoms with van der Waals surface area (Å²) in [5.41, 5.74) is 0.133. The van der Waals surface area contributed by atoms with Crippen LogP contribution >= 0.6 is 0 Å². The first-order valence-electron chi connectivity index (χ1n) is 12.2. The Morgan fingerprint density at radius 1 is 1.10 bits per heavy atom. The summed E-state index contributed by atoms with van der Waals surface area (Å²) in [4.78, 5) is 30.4. The number of anilines is 2. The molecule has 5 rings (SSSR count). The van der Waals surface area contributed by atoms with Crippen molar-refractivity contribution >= 4 is 23.8 Å². The van der Waals surface area contributed by atoms with Crippen molar-refractivity contribution in [1.29, 1.82) is 10.5 Å². The highest BCUT2D eigenvalue weighted by Gasteiger charge is 2.41. The molecule has 0 radical (unpaired) electrons. The predicted molar refractivity (Wildman–Crippen MR) is 140 cm³/mol. The van der Waals surface area contributed by atoms with Gasteiger partial charge in [-0.3, -0.25) is 14.5 Å². The van der Waals surface area contributed by atoms with E-state index in [9.17, 15) is 28.0 Å². The van der Waals surface area contributed by atoms with E-state index in [0.29, 0.717) is 28.1 Å². The minimum absolute atomic E-state index is 0.0372. The first-order valence-corrected chi connectivity index (χ1v) is 12.2. The molecule has 0 saturated heterocycles. The van der Waals surface area contributed by atoms with E-state index in [-0.39, 0.29) is 47.6 Å². The Balaban J connectivity index is 1.68. The molecule has 0 saturated carbocycles. The van der Waals surface area contributed by atoms with E-state index in [1.807, 2.05) is 6.07 Å². The second-order valence-corrected chi connectivity index (χ2v) is 9.17. The van der Waals surface area contributed by atoms with Crippen LogP contribution in [-0.4, -0.2) is 38.5 Å². The second kappa shape index (κ2) is 10.5. The molecule has 0 spiro atoms. The van der Waals surface area contributed by atoms with Crippen molar-refractivity contribution in [3.63, 3.8) is 0 Å². The van der Waals surface area contributed by atoms with Crippen LogP contribution in [0.2, 0.25) is 0 Å². The van der Waals surface area contributed by atoms with Gasteiger partial charge >= 0.3 is 6.18 Å². The summed E-state index contributed by atoms with van der Waals surface area (Å²) in [5, 5.41) is 29.6. The van der Waals surface area contributed by atoms with Crippen molar-refractivity contribution in [1.82, 2.24) is 19.7 Å². The number of hydrogen-bond donors (Lipinski definition) is 1. The SMILES string of the molecule is Cn1cnnc1-c1ccc(C#N)cc1-c1cc(NCCC#N)nc(N2Cc3c(cc(C=O)cc3C(F)(F)F)C2=O)c1. The number of halogens is 3. The number of pyridine rings is 1. The number of alkyl halides is 3. The van der Waals surface area contributed by atoms with E-state index in [1.165, 1.54) is 12.4 Å². The molecule has 0 unspecified atom stereocenters. The van der Waals surface area contributed by atoms with Gasteiger partial charge in [0.1, 0.15) is 24.2 Å². The van der Waals surface area contributed by atoms with E-state index in [1.54, 1.807) is 35.9 Å². The van der Waals surface area contributed by atoms with Crippen molar-refractivity contribution in [2.24, 2.45) is 7.05 Å². The lowest BCUT2D eigenvalue weighted by Gasteiger charge is -2.19. The lowest BCUT2D eigenvalue weighted by Crippen LogP contribution is -2.24. The first-order chi connectivity index (χ1) is 19.6. The Kier molecular flexibility index (Phi) is 6.95. The molecular weight excluding hydrogens is 537 g/mol. The molecule has 41 heavy (non-hydrogen) atoms. The Labute approximate surface area is 231 Å². The maximum absolute atomic E-state index is 13.9. The number of fused-ring (bicyclic) bond motifs is 1. The molecule has 1 aliphatic rings. The quantitative estimate of drug-likeness (QED) is 0.254. The van der Waals surface area contributed by atoms with Crippen LogP contribution in [0.1, 0.15) is 43.8 Å². The summed E-state index contributed by atoms with van der Waals surface area (Å²) in [5.74, 6) is 0.0338. The van der Waals surface area contributed by atoms with E-state index in [0.717, 1.165) is 17.0 Å². The number of aromatic nitrogens is 4. The van der Waals surface area contributed by atoms with Gasteiger partial charge in [0, 0.05) is 30.3 Å². The van der Waals surface area contributed by atoms with Crippen LogP contribution in [0.15, 0.2) is 48.8 Å². The van der Waals surface area contributed by atoms with Gasteiger partial charge in [-0.15, -0.1) is 10.2 Å². The van der Waals surface area contributed by atoms with Gasteiger partial charge in [0.2, 0.25) is 0 Å². The molecule has 13 heteroatoms. The molecule has 4 aromatic rings. The number of carbonyl (C=O) groups is 2. The third kappa shape index (κ3) is 5.08. The number of nitrogens with one attached hydrogen (secondary N) is 1. The average molecular weight is 557 g/mol. The molecule has 1 N–H and O–H groups in total. The largest absolute Gasteiger partial charge is 0.416 e. The van der Waals surface area contributed by atoms with E-state index < -0.39 is 24.2 Å². The fourth-order valence-corrected chi connectivity index (χ4v) is 4.66. The van der Waals surface area contributed by atoms with Crippen molar-refractivity contribution in [2.75, 3.05) is 16.8 Å². The molecule has 1 amide bonds. The van der Waals surface area contributed by atoms with Crippen molar-refractivity contribution in [3.8, 4) is 34.7 Å². The maximum Gasteiger partial charge on any atom is 0.416 e. The molecule has 0 bridgehead atoms. The van der Waals surface area contributed by atoms with Crippen LogP contribution in [0.4, 0.5) is 24.8 Å². The van der Waals surface area contributed by atoms with E-state index in [4.69, 9.17) is 5.26 Å². The molecule has 0 fully saturated rings. The maximum atomic E-state index is 13.9. The van der Waals surface area contributed by atoms with E-state index >= 15 is 0 Å². The Bertz CT molecular complexity index is 1780. The average Bonchev–Trinajstić information content (AvgIpc) is 3.54. The van der Waals surface area contributed by atoms with E-state index in [2.05, 4.69) is 26.6 Å². The smallest absolute Gasteiger partial charge is 0.369 e. The van der Waals surface area contributed by atoms with Gasteiger partial charge in [0.15, 0.2) is 5.82 Å². The summed E-state index contributed by atoms with van der Waals surface area (Å²) in [6.45, 7) is -0.208. The molecule has 2 aromatic carbocycles. The standard InChI is InChI=1S/C28H19F3N8O2/c1-38-15-35-37-26(38)19-4-3-16(12-33)7-20(19)18-10-24(34-6-2-5-32)36-25(11-18)39-13-22-21(27(39)41)8-17(14-40)9-23(22)28(29,30)31/h3-4,7-11,14-15H,2,6,13H2,1H3,(H,34,36). The minimum Gasteiger partial charge on any atom is -0.369 e. The summed E-state index contributed by atoms with van der Waals surface area (Å²) >= 11 is 0. The predicted octanol–water partition coefficient (Wildman–Crippen LogP) is 4.73. The molecule has 2 aromatic heterocycles. The molecule has 0 atom stereocenters. The van der Waals surface area contributed by atoms with Crippen molar-refractivity contribution < 1.29 is 22.8 Å². The number of amides is 1. The highest BCUT2D eigenvalue weighted by atomic mass is 19.4. The number of carbonyl (C=O) groups excluding carboxylic acids is 2. The number of nitriles is 2. The van der Waals surface area contributed by atoms with Gasteiger partial charge in [-0.25, -0.2) is 4.98 Å². The van der Waals surface area contributed by atoms with Gasteiger partial charge < -0.3 is 9.88 Å². The summed E-state index contributed by atoms with van der Waals surface area (Å²) in [6.07, 6.45) is -2.87. The fraction of sp³-hybridized carbons (Fsp3) is 0.179. The highest BCUT2D eigenvalue weighted by Crippen LogP contribution is 2.41. The Hall–Kier alpha value is -5.56. The van der Waals surface area contributed by atoms with Crippen LogP contribution < -0.4 is 10.2 Å². The zero-order valence-electron chi connectivity index (χ0n) is 21.4. The second-order valence-electron chi connectivity index (χ2n) is 9.17. The minimum atomic E-state index is -4.79. The molecule has 0 aliphatic carbocycles. The van der Waals surface area contributed by atoms with Gasteiger partial charge in [-0.2, -0.15) is 23.7 Å². The van der Waals surface area contributed by atoms with Gasteiger partial charge in [0.05, 0.1) is 36.2 Å². The Morgan fingerprint density at radius 2 is 1.90 bits per heavy atom. The number of benzene rings is 2. The molecule has 204 valence electrons. The third-order valence-electron chi connectivity index (χ3n) is 6.55. The van der Waals surface area contributed by atoms with Crippen LogP contribution in [0.5, 0.6) is 0 Å². The van der Waals surface area contributed by atoms with Crippen LogP contribution in [0.3, 0.4) is 0 Å². The highest BCUT2D eigenvalue weighted by molar-refractivity contribution is 6.11. The number of nitrogens with zero attached hydrogens (tertiary/aromatic N) is 7. The Morgan fingerprint density at radius 3 is 2.56 bits per heavy atom. The lowest BCUT2D eigenvalue weighted by molar-refractivity contribution is -0.138. The van der Waals surface area contributed by atoms with Gasteiger partial charge in [-0.1, -0.05) is 0 Å². The summed E-state index contributed by atoms with van der Waals surface area (Å²) in [7, 11) is 1.75. The lowest BCUT2D eigenvalue weighted by atomic mass is 9.97. The number of aldehydes is 1. The molecule has 1 aliphatic heterocycles. The van der Waals surface area contributed by atoms with Crippen molar-refractivity contribution in [2.45, 2.75) is 19.1 Å². The molecule has 10 nitrogen and oxygen atoms in total. The molecule has 3 heterocycles. The monoisotopic (exact) mass is 556 g/mol. The third-order valence-corrected chi connectivity index (χ3v) is 6.55. The van der Waals surface area contributed by atoms with Crippen LogP contribution in [-0.2, 0) is 19.8 Å². The number of rotatable bonds is 7. The molecular formula is C28H19F3N8O2. The summed E-state index contributed by atoms with van der Waals surface area (Å²) < 4.78 is 43.3.